The maximum Gasteiger partial charge on any atom is 0.411 e. The monoisotopic (exact) mass is 488 g/mol. The number of nitrogens with one attached hydrogen (secondary N) is 2. The highest BCUT2D eigenvalue weighted by Gasteiger charge is 2.32. The molecule has 0 aromatic heterocycles. The van der Waals surface area contributed by atoms with Gasteiger partial charge in [-0.3, -0.25) is 5.32 Å². The summed E-state index contributed by atoms with van der Waals surface area (Å²) in [6.45, 7) is 18.4. The lowest BCUT2D eigenvalue weighted by Crippen LogP contribution is -2.46. The van der Waals surface area contributed by atoms with Crippen LogP contribution in [0.25, 0.3) is 0 Å². The van der Waals surface area contributed by atoms with Crippen LogP contribution in [0.2, 0.25) is 0 Å². The summed E-state index contributed by atoms with van der Waals surface area (Å²) in [6.07, 6.45) is 12.3. The van der Waals surface area contributed by atoms with E-state index < -0.39 is 23.1 Å². The van der Waals surface area contributed by atoms with E-state index in [1.807, 2.05) is 45.1 Å². The molecule has 0 aliphatic heterocycles. The highest BCUT2D eigenvalue weighted by atomic mass is 16.6. The fourth-order valence-corrected chi connectivity index (χ4v) is 3.42. The number of carbonyl (C=O) groups excluding carboxylic acids is 2. The van der Waals surface area contributed by atoms with Crippen LogP contribution < -0.4 is 10.6 Å². The van der Waals surface area contributed by atoms with E-state index in [9.17, 15) is 9.59 Å². The topological polar surface area (TPSA) is 95.1 Å². The zero-order valence-corrected chi connectivity index (χ0v) is 21.3. The molecule has 0 radical (unpaired) electrons. The Hall–Kier alpha value is -3.10. The largest absolute Gasteiger partial charge is 0.449 e. The highest BCUT2D eigenvalue weighted by Crippen LogP contribution is 2.25. The molecule has 0 spiro atoms. The fraction of sp³-hybridized carbons (Fsp3) is 0.481. The summed E-state index contributed by atoms with van der Waals surface area (Å²) in [5.41, 5.74) is 0.270. The van der Waals surface area contributed by atoms with Gasteiger partial charge in [-0.05, 0) is 26.3 Å². The highest BCUT2D eigenvalue weighted by molar-refractivity contribution is 5.70. The lowest BCUT2D eigenvalue weighted by atomic mass is 9.88. The van der Waals surface area contributed by atoms with Crippen molar-refractivity contribution in [3.05, 3.63) is 73.5 Å². The lowest BCUT2D eigenvalue weighted by Gasteiger charge is -2.32. The van der Waals surface area contributed by atoms with Crippen molar-refractivity contribution in [3.63, 3.8) is 0 Å². The van der Waals surface area contributed by atoms with Gasteiger partial charge in [0.15, 0.2) is 0 Å². The zero-order valence-electron chi connectivity index (χ0n) is 21.3. The molecule has 35 heavy (non-hydrogen) atoms. The van der Waals surface area contributed by atoms with E-state index in [-0.39, 0.29) is 13.2 Å². The van der Waals surface area contributed by atoms with Gasteiger partial charge in [0, 0.05) is 12.1 Å². The van der Waals surface area contributed by atoms with Gasteiger partial charge >= 0.3 is 12.2 Å². The Balaban J connectivity index is 2.82. The third kappa shape index (κ3) is 11.7. The normalized spacial score (nSPS) is 21.6. The predicted octanol–water partition coefficient (Wildman–Crippen LogP) is 4.98. The predicted molar refractivity (Wildman–Crippen MR) is 138 cm³/mol. The average molecular weight is 489 g/mol. The van der Waals surface area contributed by atoms with Gasteiger partial charge in [-0.15, -0.1) is 13.2 Å². The molecule has 0 bridgehead atoms. The van der Waals surface area contributed by atoms with Gasteiger partial charge in [-0.2, -0.15) is 0 Å². The second-order valence-electron chi connectivity index (χ2n) is 8.62. The first-order valence-electron chi connectivity index (χ1n) is 11.7. The molecule has 0 aromatic carbocycles. The van der Waals surface area contributed by atoms with E-state index in [0.29, 0.717) is 45.0 Å². The lowest BCUT2D eigenvalue weighted by molar-refractivity contribution is -0.0464. The van der Waals surface area contributed by atoms with Gasteiger partial charge in [0.1, 0.15) is 13.2 Å². The summed E-state index contributed by atoms with van der Waals surface area (Å²) in [6, 6.07) is 0. The van der Waals surface area contributed by atoms with Crippen LogP contribution in [0.1, 0.15) is 33.6 Å². The van der Waals surface area contributed by atoms with Crippen molar-refractivity contribution < 1.29 is 28.5 Å². The molecule has 0 heterocycles. The van der Waals surface area contributed by atoms with Gasteiger partial charge in [-0.25, -0.2) is 9.59 Å². The third-order valence-corrected chi connectivity index (χ3v) is 5.24. The second kappa shape index (κ2) is 15.7. The number of alkyl carbamates (subject to hydrolysis) is 2. The van der Waals surface area contributed by atoms with Crippen molar-refractivity contribution in [2.45, 2.75) is 39.2 Å². The molecule has 0 aromatic rings. The number of ether oxygens (including phenoxy) is 4. The summed E-state index contributed by atoms with van der Waals surface area (Å²) in [4.78, 5) is 24.6. The molecular formula is C27H40N2O6. The molecule has 1 unspecified atom stereocenters. The smallest absolute Gasteiger partial charge is 0.411 e. The maximum atomic E-state index is 12.7. The van der Waals surface area contributed by atoms with Gasteiger partial charge in [0.25, 0.3) is 0 Å². The Bertz CT molecular complexity index is 816. The molecule has 1 atom stereocenters. The summed E-state index contributed by atoms with van der Waals surface area (Å²) in [5.74, 6) is 0. The van der Waals surface area contributed by atoms with Gasteiger partial charge in [-0.1, -0.05) is 55.5 Å². The molecule has 0 saturated heterocycles. The minimum atomic E-state index is -0.778. The first-order valence-corrected chi connectivity index (χ1v) is 11.7. The van der Waals surface area contributed by atoms with Gasteiger partial charge in [0.05, 0.1) is 37.4 Å². The van der Waals surface area contributed by atoms with Crippen LogP contribution in [0.4, 0.5) is 9.59 Å². The fourth-order valence-electron chi connectivity index (χ4n) is 3.42. The van der Waals surface area contributed by atoms with E-state index in [1.165, 1.54) is 6.08 Å². The molecule has 2 N–H and O–H groups in total. The maximum absolute atomic E-state index is 12.7. The second-order valence-corrected chi connectivity index (χ2v) is 8.62. The Morgan fingerprint density at radius 3 is 2.23 bits per heavy atom. The number of carbonyl (C=O) groups is 2. The molecule has 0 fully saturated rings. The molecule has 0 saturated carbocycles. The quantitative estimate of drug-likeness (QED) is 0.249. The number of hydrogen-bond acceptors (Lipinski definition) is 6. The van der Waals surface area contributed by atoms with Crippen LogP contribution in [0.5, 0.6) is 0 Å². The van der Waals surface area contributed by atoms with E-state index in [2.05, 4.69) is 30.4 Å². The minimum Gasteiger partial charge on any atom is -0.449 e. The Labute approximate surface area is 209 Å². The van der Waals surface area contributed by atoms with Crippen molar-refractivity contribution in [1.82, 2.24) is 10.6 Å². The van der Waals surface area contributed by atoms with Crippen LogP contribution in [0, 0.1) is 5.41 Å². The molecule has 8 heteroatoms. The van der Waals surface area contributed by atoms with Crippen molar-refractivity contribution in [3.8, 4) is 0 Å². The Morgan fingerprint density at radius 2 is 1.66 bits per heavy atom. The van der Waals surface area contributed by atoms with Crippen molar-refractivity contribution in [2.75, 3.05) is 39.6 Å². The van der Waals surface area contributed by atoms with Crippen LogP contribution in [-0.4, -0.2) is 57.4 Å². The number of rotatable bonds is 15. The minimum absolute atomic E-state index is 0.132. The van der Waals surface area contributed by atoms with Gasteiger partial charge in [0.2, 0.25) is 0 Å². The van der Waals surface area contributed by atoms with Crippen LogP contribution >= 0.6 is 0 Å². The van der Waals surface area contributed by atoms with Crippen LogP contribution in [0.15, 0.2) is 73.5 Å². The summed E-state index contributed by atoms with van der Waals surface area (Å²) < 4.78 is 21.9. The average Bonchev–Trinajstić information content (AvgIpc) is 2.80. The van der Waals surface area contributed by atoms with E-state index in [1.54, 1.807) is 12.2 Å². The standard InChI is InChI=1S/C27H40N2O6/c1-7-14-32-19-27(10-4,20-33-15-8-2)21-35-25(31)29-26(6)13-11-12-23(17-22(5)18-26)28-24(30)34-16-9-3/h7-9,11,13,17-18H,1-3,10,12,14-16,19-21H2,4-6H3,(H,28,30)(H,29,31)/b13-11-,22-18-,23-17+. The number of allylic oxidation sites excluding steroid dienone is 3. The first-order chi connectivity index (χ1) is 16.7. The number of hydrogen-bond donors (Lipinski definition) is 2. The molecule has 2 amide bonds. The van der Waals surface area contributed by atoms with Crippen LogP contribution in [-0.2, 0) is 18.9 Å². The summed E-state index contributed by atoms with van der Waals surface area (Å²) in [5, 5.41) is 5.63. The van der Waals surface area contributed by atoms with E-state index >= 15 is 0 Å². The summed E-state index contributed by atoms with van der Waals surface area (Å²) >= 11 is 0. The van der Waals surface area contributed by atoms with Crippen molar-refractivity contribution in [1.29, 1.82) is 0 Å². The summed E-state index contributed by atoms with van der Waals surface area (Å²) in [7, 11) is 0. The first kappa shape index (κ1) is 29.9. The SMILES string of the molecule is C=CCOCC(CC)(COCC=C)COC(=O)NC1(C)/C=C\C/C(NC(=O)OCC=C)=C\C(C)=C/1. The molecule has 8 nitrogen and oxygen atoms in total. The van der Waals surface area contributed by atoms with Crippen LogP contribution in [0.3, 0.4) is 0 Å². The third-order valence-electron chi connectivity index (χ3n) is 5.24. The molecule has 1 aliphatic rings. The Kier molecular flexibility index (Phi) is 13.5. The molecular weight excluding hydrogens is 448 g/mol. The van der Waals surface area contributed by atoms with E-state index in [0.717, 1.165) is 5.57 Å². The molecule has 1 aliphatic carbocycles. The van der Waals surface area contributed by atoms with Crippen molar-refractivity contribution in [2.24, 2.45) is 5.41 Å². The molecule has 1 rings (SSSR count). The van der Waals surface area contributed by atoms with Crippen molar-refractivity contribution >= 4 is 12.2 Å². The molecule has 194 valence electrons. The number of amides is 2. The van der Waals surface area contributed by atoms with E-state index in [4.69, 9.17) is 18.9 Å². The van der Waals surface area contributed by atoms with Gasteiger partial charge < -0.3 is 24.3 Å². The Morgan fingerprint density at radius 1 is 1.03 bits per heavy atom. The zero-order chi connectivity index (χ0) is 26.2.